The van der Waals surface area contributed by atoms with Crippen molar-refractivity contribution in [2.75, 3.05) is 7.11 Å². The van der Waals surface area contributed by atoms with Crippen molar-refractivity contribution >= 4 is 23.7 Å². The predicted octanol–water partition coefficient (Wildman–Crippen LogP) is 6.88. The van der Waals surface area contributed by atoms with Crippen molar-refractivity contribution in [3.05, 3.63) is 101 Å². The summed E-state index contributed by atoms with van der Waals surface area (Å²) >= 11 is 1.28. The van der Waals surface area contributed by atoms with Gasteiger partial charge in [-0.2, -0.15) is 0 Å². The number of aryl methyl sites for hydroxylation is 2. The van der Waals surface area contributed by atoms with Crippen molar-refractivity contribution in [2.45, 2.75) is 67.6 Å². The number of carboxylic acids is 1. The molecule has 0 bridgehead atoms. The molecule has 0 heterocycles. The number of unbranched alkanes of at least 4 members (excludes halogenated alkanes) is 5. The van der Waals surface area contributed by atoms with Crippen LogP contribution in [0, 0.1) is 0 Å². The van der Waals surface area contributed by atoms with E-state index >= 15 is 0 Å². The van der Waals surface area contributed by atoms with Crippen molar-refractivity contribution in [1.29, 1.82) is 0 Å². The van der Waals surface area contributed by atoms with E-state index in [1.807, 2.05) is 24.3 Å². The van der Waals surface area contributed by atoms with Crippen molar-refractivity contribution in [1.82, 2.24) is 0 Å². The summed E-state index contributed by atoms with van der Waals surface area (Å²) in [6.07, 6.45) is 7.58. The normalized spacial score (nSPS) is 12.6. The molecule has 0 aliphatic heterocycles. The Morgan fingerprint density at radius 2 is 1.46 bits per heavy atom. The summed E-state index contributed by atoms with van der Waals surface area (Å²) in [5.74, 6) is -1.73. The first kappa shape index (κ1) is 28.5. The molecule has 0 saturated carbocycles. The maximum Gasteiger partial charge on any atom is 0.336 e. The summed E-state index contributed by atoms with van der Waals surface area (Å²) in [6.45, 7) is 0. The fourth-order valence-corrected chi connectivity index (χ4v) is 5.67. The topological polar surface area (TPSA) is 83.8 Å². The van der Waals surface area contributed by atoms with Crippen LogP contribution in [0.1, 0.15) is 70.8 Å². The van der Waals surface area contributed by atoms with Gasteiger partial charge in [-0.15, -0.1) is 11.8 Å². The SMILES string of the molecule is COC(=O)C(O)C(Sc1cccc(C(=O)O)c1)c1ccccc1CCCCCCCCc1ccccc1. The molecule has 37 heavy (non-hydrogen) atoms. The third kappa shape index (κ3) is 9.06. The number of carbonyl (C=O) groups is 2. The Morgan fingerprint density at radius 1 is 0.811 bits per heavy atom. The molecule has 5 nitrogen and oxygen atoms in total. The molecule has 0 aromatic heterocycles. The van der Waals surface area contributed by atoms with E-state index in [4.69, 9.17) is 4.74 Å². The van der Waals surface area contributed by atoms with Gasteiger partial charge in [-0.05, 0) is 60.6 Å². The number of esters is 1. The fraction of sp³-hybridized carbons (Fsp3) is 0.355. The molecule has 0 aliphatic carbocycles. The molecular formula is C31H36O5S. The van der Waals surface area contributed by atoms with Gasteiger partial charge >= 0.3 is 11.9 Å². The monoisotopic (exact) mass is 520 g/mol. The van der Waals surface area contributed by atoms with Crippen LogP contribution in [0.2, 0.25) is 0 Å². The molecule has 2 atom stereocenters. The summed E-state index contributed by atoms with van der Waals surface area (Å²) in [5, 5.41) is 19.6. The summed E-state index contributed by atoms with van der Waals surface area (Å²) in [4.78, 5) is 24.4. The highest BCUT2D eigenvalue weighted by Crippen LogP contribution is 2.40. The van der Waals surface area contributed by atoms with Gasteiger partial charge in [0.05, 0.1) is 17.9 Å². The van der Waals surface area contributed by atoms with E-state index in [-0.39, 0.29) is 5.56 Å². The molecule has 0 fully saturated rings. The number of ether oxygens (including phenoxy) is 1. The maximum absolute atomic E-state index is 12.3. The minimum Gasteiger partial charge on any atom is -0.478 e. The highest BCUT2D eigenvalue weighted by Gasteiger charge is 2.31. The number of hydrogen-bond acceptors (Lipinski definition) is 5. The number of carbonyl (C=O) groups excluding carboxylic acids is 1. The molecule has 196 valence electrons. The number of rotatable bonds is 15. The van der Waals surface area contributed by atoms with E-state index in [0.29, 0.717) is 4.90 Å². The second kappa shape index (κ2) is 15.2. The first-order valence-electron chi connectivity index (χ1n) is 12.9. The zero-order valence-corrected chi connectivity index (χ0v) is 22.2. The van der Waals surface area contributed by atoms with E-state index in [0.717, 1.165) is 36.8 Å². The van der Waals surface area contributed by atoms with Gasteiger partial charge in [0.15, 0.2) is 6.10 Å². The molecular weight excluding hydrogens is 484 g/mol. The maximum atomic E-state index is 12.3. The standard InChI is InChI=1S/C31H36O5S/c1-36-31(35)28(32)29(37-26-20-13-19-25(22-26)30(33)34)27-21-12-11-18-24(27)17-10-5-3-2-4-7-14-23-15-8-6-9-16-23/h6,8-9,11-13,15-16,18-22,28-29,32H,2-5,7,10,14,17H2,1H3,(H,33,34). The van der Waals surface area contributed by atoms with Gasteiger partial charge in [0.2, 0.25) is 0 Å². The summed E-state index contributed by atoms with van der Waals surface area (Å²) in [5.41, 5.74) is 3.51. The zero-order chi connectivity index (χ0) is 26.5. The van der Waals surface area contributed by atoms with Gasteiger partial charge in [-0.1, -0.05) is 86.3 Å². The molecule has 2 N–H and O–H groups in total. The van der Waals surface area contributed by atoms with E-state index < -0.39 is 23.3 Å². The minimum atomic E-state index is -1.38. The molecule has 0 aliphatic rings. The van der Waals surface area contributed by atoms with Crippen LogP contribution in [0.4, 0.5) is 0 Å². The van der Waals surface area contributed by atoms with Gasteiger partial charge in [0, 0.05) is 4.90 Å². The van der Waals surface area contributed by atoms with E-state index in [9.17, 15) is 19.8 Å². The Hall–Kier alpha value is -3.09. The Kier molecular flexibility index (Phi) is 11.7. The van der Waals surface area contributed by atoms with Crippen LogP contribution in [-0.4, -0.2) is 35.4 Å². The lowest BCUT2D eigenvalue weighted by Gasteiger charge is -2.24. The van der Waals surface area contributed by atoms with Crippen LogP contribution in [0.25, 0.3) is 0 Å². The lowest BCUT2D eigenvalue weighted by atomic mass is 9.96. The molecule has 3 aromatic carbocycles. The average molecular weight is 521 g/mol. The number of aromatic carboxylic acids is 1. The van der Waals surface area contributed by atoms with Crippen molar-refractivity contribution in [3.8, 4) is 0 Å². The Bertz CT molecular complexity index is 1130. The van der Waals surface area contributed by atoms with Gasteiger partial charge in [0.25, 0.3) is 0 Å². The predicted molar refractivity (Wildman–Crippen MR) is 148 cm³/mol. The third-order valence-electron chi connectivity index (χ3n) is 6.44. The van der Waals surface area contributed by atoms with E-state index in [1.165, 1.54) is 56.2 Å². The molecule has 0 saturated heterocycles. The third-order valence-corrected chi connectivity index (χ3v) is 7.73. The summed E-state index contributed by atoms with van der Waals surface area (Å²) in [6, 6.07) is 25.0. The molecule has 0 amide bonds. The van der Waals surface area contributed by atoms with Gasteiger partial charge in [-0.3, -0.25) is 0 Å². The Balaban J connectivity index is 1.59. The molecule has 2 unspecified atom stereocenters. The molecule has 3 aromatic rings. The average Bonchev–Trinajstić information content (AvgIpc) is 2.93. The van der Waals surface area contributed by atoms with Crippen LogP contribution in [0.15, 0.2) is 83.8 Å². The van der Waals surface area contributed by atoms with Crippen LogP contribution < -0.4 is 0 Å². The number of thioether (sulfide) groups is 1. The first-order valence-corrected chi connectivity index (χ1v) is 13.7. The van der Waals surface area contributed by atoms with Crippen molar-refractivity contribution in [2.24, 2.45) is 0 Å². The van der Waals surface area contributed by atoms with Crippen LogP contribution in [-0.2, 0) is 22.4 Å². The molecule has 3 rings (SSSR count). The quantitative estimate of drug-likeness (QED) is 0.129. The van der Waals surface area contributed by atoms with Gasteiger partial charge < -0.3 is 14.9 Å². The van der Waals surface area contributed by atoms with Crippen LogP contribution in [0.5, 0.6) is 0 Å². The minimum absolute atomic E-state index is 0.161. The zero-order valence-electron chi connectivity index (χ0n) is 21.3. The molecule has 6 heteroatoms. The molecule has 0 radical (unpaired) electrons. The number of aliphatic hydroxyl groups is 1. The van der Waals surface area contributed by atoms with Crippen LogP contribution in [0.3, 0.4) is 0 Å². The number of methoxy groups -OCH3 is 1. The van der Waals surface area contributed by atoms with Gasteiger partial charge in [0.1, 0.15) is 0 Å². The largest absolute Gasteiger partial charge is 0.478 e. The number of aliphatic hydroxyl groups excluding tert-OH is 1. The second-order valence-corrected chi connectivity index (χ2v) is 10.4. The second-order valence-electron chi connectivity index (χ2n) is 9.15. The Morgan fingerprint density at radius 3 is 2.16 bits per heavy atom. The number of benzene rings is 3. The van der Waals surface area contributed by atoms with Crippen LogP contribution >= 0.6 is 11.8 Å². The summed E-state index contributed by atoms with van der Waals surface area (Å²) in [7, 11) is 1.25. The lowest BCUT2D eigenvalue weighted by Crippen LogP contribution is -2.28. The van der Waals surface area contributed by atoms with E-state index in [2.05, 4.69) is 30.3 Å². The first-order chi connectivity index (χ1) is 18.0. The summed E-state index contributed by atoms with van der Waals surface area (Å²) < 4.78 is 4.83. The lowest BCUT2D eigenvalue weighted by molar-refractivity contribution is -0.150. The van der Waals surface area contributed by atoms with Crippen molar-refractivity contribution in [3.63, 3.8) is 0 Å². The number of carboxylic acid groups (broad SMARTS) is 1. The highest BCUT2D eigenvalue weighted by atomic mass is 32.2. The Labute approximate surface area is 223 Å². The highest BCUT2D eigenvalue weighted by molar-refractivity contribution is 7.99. The fourth-order valence-electron chi connectivity index (χ4n) is 4.43. The van der Waals surface area contributed by atoms with E-state index in [1.54, 1.807) is 18.2 Å². The smallest absolute Gasteiger partial charge is 0.336 e. The van der Waals surface area contributed by atoms with Gasteiger partial charge in [-0.25, -0.2) is 9.59 Å². The van der Waals surface area contributed by atoms with Crippen molar-refractivity contribution < 1.29 is 24.5 Å². The molecule has 0 spiro atoms. The number of hydrogen-bond donors (Lipinski definition) is 2.